The fourth-order valence-electron chi connectivity index (χ4n) is 1.60. The molecule has 17 heavy (non-hydrogen) atoms. The van der Waals surface area contributed by atoms with Crippen molar-refractivity contribution in [1.82, 2.24) is 5.32 Å². The average Bonchev–Trinajstić information content (AvgIpc) is 2.28. The van der Waals surface area contributed by atoms with Crippen molar-refractivity contribution in [2.75, 3.05) is 0 Å². The Bertz CT molecular complexity index is 409. The van der Waals surface area contributed by atoms with Crippen molar-refractivity contribution in [2.24, 2.45) is 0 Å². The van der Waals surface area contributed by atoms with Crippen LogP contribution in [0, 0.1) is 11.6 Å². The minimum Gasteiger partial charge on any atom is -0.480 e. The molecule has 94 valence electrons. The van der Waals surface area contributed by atoms with E-state index in [4.69, 9.17) is 5.11 Å². The van der Waals surface area contributed by atoms with Crippen LogP contribution in [0.15, 0.2) is 18.2 Å². The molecule has 0 aliphatic rings. The van der Waals surface area contributed by atoms with Gasteiger partial charge in [-0.1, -0.05) is 6.92 Å². The zero-order valence-corrected chi connectivity index (χ0v) is 9.71. The molecule has 0 aliphatic carbocycles. The maximum atomic E-state index is 13.4. The standard InChI is InChI=1S/C12H15F2NO2/c1-3-11(12(16)17)15-7(2)9-6-8(13)4-5-10(9)14/h4-7,11,15H,3H2,1-2H3,(H,16,17). The Morgan fingerprint density at radius 3 is 2.65 bits per heavy atom. The number of hydrogen-bond donors (Lipinski definition) is 2. The Hall–Kier alpha value is -1.49. The van der Waals surface area contributed by atoms with Gasteiger partial charge in [-0.3, -0.25) is 10.1 Å². The second kappa shape index (κ2) is 5.72. The lowest BCUT2D eigenvalue weighted by Gasteiger charge is -2.19. The molecular weight excluding hydrogens is 228 g/mol. The number of halogens is 2. The van der Waals surface area contributed by atoms with Crippen molar-refractivity contribution < 1.29 is 18.7 Å². The van der Waals surface area contributed by atoms with E-state index in [1.165, 1.54) is 0 Å². The number of benzene rings is 1. The van der Waals surface area contributed by atoms with Crippen LogP contribution in [-0.2, 0) is 4.79 Å². The van der Waals surface area contributed by atoms with Crippen molar-refractivity contribution in [2.45, 2.75) is 32.4 Å². The summed E-state index contributed by atoms with van der Waals surface area (Å²) in [6.07, 6.45) is 0.372. The fraction of sp³-hybridized carbons (Fsp3) is 0.417. The van der Waals surface area contributed by atoms with Gasteiger partial charge in [-0.25, -0.2) is 8.78 Å². The summed E-state index contributed by atoms with van der Waals surface area (Å²) in [6.45, 7) is 3.31. The van der Waals surface area contributed by atoms with E-state index >= 15 is 0 Å². The number of hydrogen-bond acceptors (Lipinski definition) is 2. The highest BCUT2D eigenvalue weighted by Gasteiger charge is 2.20. The van der Waals surface area contributed by atoms with Crippen molar-refractivity contribution in [3.8, 4) is 0 Å². The van der Waals surface area contributed by atoms with E-state index in [1.54, 1.807) is 13.8 Å². The molecule has 0 aromatic heterocycles. The van der Waals surface area contributed by atoms with Crippen molar-refractivity contribution in [3.63, 3.8) is 0 Å². The largest absolute Gasteiger partial charge is 0.480 e. The first-order chi connectivity index (χ1) is 7.95. The molecule has 0 heterocycles. The van der Waals surface area contributed by atoms with Gasteiger partial charge in [0.1, 0.15) is 17.7 Å². The van der Waals surface area contributed by atoms with E-state index in [0.717, 1.165) is 18.2 Å². The minimum atomic E-state index is -1.00. The Kier molecular flexibility index (Phi) is 4.57. The number of aliphatic carboxylic acids is 1. The van der Waals surface area contributed by atoms with E-state index in [0.29, 0.717) is 6.42 Å². The van der Waals surface area contributed by atoms with Gasteiger partial charge in [0, 0.05) is 11.6 Å². The Balaban J connectivity index is 2.85. The second-order valence-corrected chi connectivity index (χ2v) is 3.85. The fourth-order valence-corrected chi connectivity index (χ4v) is 1.60. The molecule has 0 bridgehead atoms. The minimum absolute atomic E-state index is 0.129. The van der Waals surface area contributed by atoms with Crippen LogP contribution in [0.5, 0.6) is 0 Å². The van der Waals surface area contributed by atoms with E-state index < -0.39 is 29.7 Å². The SMILES string of the molecule is CCC(NC(C)c1cc(F)ccc1F)C(=O)O. The molecule has 2 atom stereocenters. The van der Waals surface area contributed by atoms with Crippen molar-refractivity contribution in [3.05, 3.63) is 35.4 Å². The monoisotopic (exact) mass is 243 g/mol. The van der Waals surface area contributed by atoms with Gasteiger partial charge in [-0.05, 0) is 31.5 Å². The zero-order valence-electron chi connectivity index (χ0n) is 9.71. The first kappa shape index (κ1) is 13.6. The molecule has 3 nitrogen and oxygen atoms in total. The van der Waals surface area contributed by atoms with Gasteiger partial charge >= 0.3 is 5.97 Å². The van der Waals surface area contributed by atoms with Gasteiger partial charge in [-0.15, -0.1) is 0 Å². The van der Waals surface area contributed by atoms with Crippen LogP contribution in [-0.4, -0.2) is 17.1 Å². The molecule has 1 rings (SSSR count). The van der Waals surface area contributed by atoms with Crippen molar-refractivity contribution in [1.29, 1.82) is 0 Å². The van der Waals surface area contributed by atoms with E-state index in [9.17, 15) is 13.6 Å². The average molecular weight is 243 g/mol. The number of nitrogens with one attached hydrogen (secondary N) is 1. The Morgan fingerprint density at radius 1 is 1.47 bits per heavy atom. The number of carboxylic acid groups (broad SMARTS) is 1. The molecular formula is C12H15F2NO2. The van der Waals surface area contributed by atoms with Crippen LogP contribution in [0.1, 0.15) is 31.9 Å². The van der Waals surface area contributed by atoms with Gasteiger partial charge in [-0.2, -0.15) is 0 Å². The lowest BCUT2D eigenvalue weighted by Crippen LogP contribution is -2.37. The van der Waals surface area contributed by atoms with Crippen LogP contribution in [0.4, 0.5) is 8.78 Å². The molecule has 0 aliphatic heterocycles. The molecule has 1 aromatic carbocycles. The first-order valence-electron chi connectivity index (χ1n) is 5.39. The maximum Gasteiger partial charge on any atom is 0.320 e. The molecule has 1 aromatic rings. The number of carboxylic acids is 1. The van der Waals surface area contributed by atoms with Gasteiger partial charge in [0.15, 0.2) is 0 Å². The van der Waals surface area contributed by atoms with E-state index in [2.05, 4.69) is 5.32 Å². The van der Waals surface area contributed by atoms with Gasteiger partial charge in [0.2, 0.25) is 0 Å². The predicted molar refractivity (Wildman–Crippen MR) is 59.6 cm³/mol. The second-order valence-electron chi connectivity index (χ2n) is 3.85. The summed E-state index contributed by atoms with van der Waals surface area (Å²) in [4.78, 5) is 10.8. The highest BCUT2D eigenvalue weighted by atomic mass is 19.1. The van der Waals surface area contributed by atoms with Gasteiger partial charge in [0.05, 0.1) is 0 Å². The lowest BCUT2D eigenvalue weighted by atomic mass is 10.1. The molecule has 0 fully saturated rings. The van der Waals surface area contributed by atoms with Crippen LogP contribution < -0.4 is 5.32 Å². The smallest absolute Gasteiger partial charge is 0.320 e. The third-order valence-corrected chi connectivity index (χ3v) is 2.58. The molecule has 2 N–H and O–H groups in total. The summed E-state index contributed by atoms with van der Waals surface area (Å²) in [5.74, 6) is -2.10. The normalized spacial score (nSPS) is 14.4. The number of carbonyl (C=O) groups is 1. The highest BCUT2D eigenvalue weighted by Crippen LogP contribution is 2.18. The molecule has 0 amide bonds. The summed E-state index contributed by atoms with van der Waals surface area (Å²) in [7, 11) is 0. The summed E-state index contributed by atoms with van der Waals surface area (Å²) >= 11 is 0. The van der Waals surface area contributed by atoms with E-state index in [-0.39, 0.29) is 5.56 Å². The summed E-state index contributed by atoms with van der Waals surface area (Å²) in [6, 6.07) is 1.80. The number of rotatable bonds is 5. The maximum absolute atomic E-state index is 13.4. The topological polar surface area (TPSA) is 49.3 Å². The van der Waals surface area contributed by atoms with Crippen LogP contribution in [0.25, 0.3) is 0 Å². The predicted octanol–water partition coefficient (Wildman–Crippen LogP) is 2.48. The summed E-state index contributed by atoms with van der Waals surface area (Å²) in [5.41, 5.74) is 0.129. The molecule has 0 saturated heterocycles. The summed E-state index contributed by atoms with van der Waals surface area (Å²) < 4.78 is 26.4. The molecule has 2 unspecified atom stereocenters. The highest BCUT2D eigenvalue weighted by molar-refractivity contribution is 5.73. The molecule has 0 radical (unpaired) electrons. The zero-order chi connectivity index (χ0) is 13.0. The quantitative estimate of drug-likeness (QED) is 0.835. The van der Waals surface area contributed by atoms with E-state index in [1.807, 2.05) is 0 Å². The van der Waals surface area contributed by atoms with Crippen LogP contribution in [0.2, 0.25) is 0 Å². The van der Waals surface area contributed by atoms with Crippen molar-refractivity contribution >= 4 is 5.97 Å². The molecule has 0 saturated carbocycles. The third-order valence-electron chi connectivity index (χ3n) is 2.58. The molecule has 5 heteroatoms. The van der Waals surface area contributed by atoms with Crippen LogP contribution in [0.3, 0.4) is 0 Å². The first-order valence-corrected chi connectivity index (χ1v) is 5.39. The Labute approximate surface area is 98.5 Å². The molecule has 0 spiro atoms. The third kappa shape index (κ3) is 3.49. The summed E-state index contributed by atoms with van der Waals surface area (Å²) in [5, 5.41) is 11.6. The lowest BCUT2D eigenvalue weighted by molar-refractivity contribution is -0.139. The van der Waals surface area contributed by atoms with Crippen LogP contribution >= 0.6 is 0 Å². The Morgan fingerprint density at radius 2 is 2.12 bits per heavy atom. The van der Waals surface area contributed by atoms with Gasteiger partial charge in [0.25, 0.3) is 0 Å². The van der Waals surface area contributed by atoms with Gasteiger partial charge < -0.3 is 5.11 Å².